The number of fused-ring (bicyclic) bond motifs is 6. The van der Waals surface area contributed by atoms with E-state index in [0.29, 0.717) is 5.13 Å². The second-order valence-electron chi connectivity index (χ2n) is 8.06. The highest BCUT2D eigenvalue weighted by Crippen LogP contribution is 2.70. The van der Waals surface area contributed by atoms with Gasteiger partial charge in [-0.3, -0.25) is 4.79 Å². The summed E-state index contributed by atoms with van der Waals surface area (Å²) in [6.45, 7) is 6.62. The van der Waals surface area contributed by atoms with Crippen LogP contribution in [0.2, 0.25) is 0 Å². The van der Waals surface area contributed by atoms with Crippen LogP contribution in [-0.2, 0) is 15.6 Å². The molecule has 0 saturated heterocycles. The van der Waals surface area contributed by atoms with Crippen LogP contribution >= 0.6 is 11.3 Å². The maximum atomic E-state index is 13.5. The fourth-order valence-electron chi connectivity index (χ4n) is 5.04. The van der Waals surface area contributed by atoms with Crippen molar-refractivity contribution < 1.29 is 4.79 Å². The molecule has 2 heterocycles. The Labute approximate surface area is 155 Å². The van der Waals surface area contributed by atoms with Gasteiger partial charge in [0.2, 0.25) is 5.91 Å². The minimum absolute atomic E-state index is 0.00972. The van der Waals surface area contributed by atoms with Gasteiger partial charge in [-0.15, -0.1) is 11.3 Å². The maximum Gasteiger partial charge on any atom is 0.239 e. The molecule has 132 valence electrons. The number of aromatic nitrogens is 3. The molecular weight excluding hydrogens is 344 g/mol. The number of hydrogen-bond acceptors (Lipinski definition) is 5. The highest BCUT2D eigenvalue weighted by Gasteiger charge is 2.73. The van der Waals surface area contributed by atoms with E-state index in [4.69, 9.17) is 9.97 Å². The highest BCUT2D eigenvalue weighted by molar-refractivity contribution is 7.13. The van der Waals surface area contributed by atoms with Crippen molar-refractivity contribution in [2.75, 3.05) is 5.32 Å². The summed E-state index contributed by atoms with van der Waals surface area (Å²) in [4.78, 5) is 27.7. The van der Waals surface area contributed by atoms with Gasteiger partial charge in [0.25, 0.3) is 0 Å². The number of carbonyl (C=O) groups is 1. The van der Waals surface area contributed by atoms with Crippen molar-refractivity contribution in [3.05, 3.63) is 47.2 Å². The summed E-state index contributed by atoms with van der Waals surface area (Å²) in [5, 5.41) is 5.55. The Balaban J connectivity index is 1.75. The summed E-state index contributed by atoms with van der Waals surface area (Å²) in [5.74, 6) is -0.00972. The van der Waals surface area contributed by atoms with E-state index in [0.717, 1.165) is 35.3 Å². The molecule has 0 radical (unpaired) electrons. The predicted molar refractivity (Wildman–Crippen MR) is 102 cm³/mol. The van der Waals surface area contributed by atoms with Gasteiger partial charge >= 0.3 is 0 Å². The molecule has 2 aromatic heterocycles. The number of anilines is 1. The molecule has 6 heteroatoms. The molecule has 5 rings (SSSR count). The smallest absolute Gasteiger partial charge is 0.239 e. The number of carbonyl (C=O) groups excluding carboxylic acids is 1. The van der Waals surface area contributed by atoms with Crippen molar-refractivity contribution in [1.82, 2.24) is 15.0 Å². The van der Waals surface area contributed by atoms with Crippen molar-refractivity contribution in [3.8, 4) is 0 Å². The van der Waals surface area contributed by atoms with Crippen molar-refractivity contribution in [1.29, 1.82) is 0 Å². The first-order chi connectivity index (χ1) is 12.4. The Kier molecular flexibility index (Phi) is 2.98. The second kappa shape index (κ2) is 4.88. The lowest BCUT2D eigenvalue weighted by Crippen LogP contribution is -2.48. The van der Waals surface area contributed by atoms with Gasteiger partial charge in [0.05, 0.1) is 27.8 Å². The van der Waals surface area contributed by atoms with E-state index in [1.165, 1.54) is 11.3 Å². The summed E-state index contributed by atoms with van der Waals surface area (Å²) < 4.78 is 0. The number of hydrogen-bond donors (Lipinski definition) is 1. The topological polar surface area (TPSA) is 67.8 Å². The zero-order valence-corrected chi connectivity index (χ0v) is 15.9. The first-order valence-corrected chi connectivity index (χ1v) is 9.77. The predicted octanol–water partition coefficient (Wildman–Crippen LogP) is 4.05. The lowest BCUT2D eigenvalue weighted by molar-refractivity contribution is -0.125. The Morgan fingerprint density at radius 3 is 2.42 bits per heavy atom. The van der Waals surface area contributed by atoms with Gasteiger partial charge in [-0.2, -0.15) is 0 Å². The molecule has 1 fully saturated rings. The molecule has 2 atom stereocenters. The van der Waals surface area contributed by atoms with Crippen LogP contribution < -0.4 is 5.32 Å². The average Bonchev–Trinajstić information content (AvgIpc) is 3.23. The Morgan fingerprint density at radius 1 is 1.08 bits per heavy atom. The van der Waals surface area contributed by atoms with Gasteiger partial charge in [0.15, 0.2) is 5.13 Å². The molecule has 0 spiro atoms. The fourth-order valence-corrected chi connectivity index (χ4v) is 5.56. The van der Waals surface area contributed by atoms with Gasteiger partial charge in [-0.1, -0.05) is 32.9 Å². The number of para-hydroxylation sites is 2. The molecule has 2 unspecified atom stereocenters. The molecule has 5 nitrogen and oxygen atoms in total. The third-order valence-corrected chi connectivity index (χ3v) is 7.67. The van der Waals surface area contributed by atoms with Gasteiger partial charge in [0.1, 0.15) is 0 Å². The molecule has 1 amide bonds. The Bertz CT molecular complexity index is 1050. The van der Waals surface area contributed by atoms with Crippen LogP contribution in [0.5, 0.6) is 0 Å². The monoisotopic (exact) mass is 364 g/mol. The first-order valence-electron chi connectivity index (χ1n) is 8.89. The van der Waals surface area contributed by atoms with Gasteiger partial charge in [-0.05, 0) is 30.4 Å². The number of amides is 1. The van der Waals surface area contributed by atoms with E-state index in [9.17, 15) is 4.79 Å². The van der Waals surface area contributed by atoms with Crippen molar-refractivity contribution in [2.24, 2.45) is 5.41 Å². The lowest BCUT2D eigenvalue weighted by atomic mass is 9.63. The van der Waals surface area contributed by atoms with E-state index >= 15 is 0 Å². The molecule has 3 aromatic rings. The van der Waals surface area contributed by atoms with E-state index in [1.807, 2.05) is 29.6 Å². The van der Waals surface area contributed by atoms with Gasteiger partial charge in [0, 0.05) is 17.0 Å². The molecule has 2 aliphatic rings. The summed E-state index contributed by atoms with van der Waals surface area (Å²) in [6.07, 6.45) is 3.43. The van der Waals surface area contributed by atoms with E-state index in [2.05, 4.69) is 31.1 Å². The number of nitrogens with one attached hydrogen (secondary N) is 1. The SMILES string of the molecule is CC12CCC(C(=O)Nc3nccs3)(c3nc4ccccc4nc31)C2(C)C. The highest BCUT2D eigenvalue weighted by atomic mass is 32.1. The molecule has 1 saturated carbocycles. The molecule has 0 aliphatic heterocycles. The summed E-state index contributed by atoms with van der Waals surface area (Å²) in [5.41, 5.74) is 2.46. The van der Waals surface area contributed by atoms with E-state index in [-0.39, 0.29) is 16.7 Å². The summed E-state index contributed by atoms with van der Waals surface area (Å²) in [7, 11) is 0. The lowest BCUT2D eigenvalue weighted by Gasteiger charge is -2.39. The third-order valence-electron chi connectivity index (χ3n) is 6.98. The molecule has 26 heavy (non-hydrogen) atoms. The second-order valence-corrected chi connectivity index (χ2v) is 8.96. The number of thiazole rings is 1. The van der Waals surface area contributed by atoms with E-state index in [1.54, 1.807) is 6.20 Å². The van der Waals surface area contributed by atoms with Crippen LogP contribution in [0, 0.1) is 5.41 Å². The zero-order chi connectivity index (χ0) is 18.2. The Hall–Kier alpha value is -2.34. The van der Waals surface area contributed by atoms with E-state index < -0.39 is 5.41 Å². The number of rotatable bonds is 2. The first kappa shape index (κ1) is 15.9. The van der Waals surface area contributed by atoms with Crippen LogP contribution in [0.1, 0.15) is 45.0 Å². The summed E-state index contributed by atoms with van der Waals surface area (Å²) in [6, 6.07) is 7.91. The number of nitrogens with zero attached hydrogens (tertiary/aromatic N) is 3. The standard InChI is InChI=1S/C20H20N4OS/c1-18(2)19(3)8-9-20(18,16(25)24-17-21-10-11-26-17)15-14(19)22-12-6-4-5-7-13(12)23-15/h4-7,10-11H,8-9H2,1-3H3,(H,21,24,25). The third kappa shape index (κ3) is 1.66. The fraction of sp³-hybridized carbons (Fsp3) is 0.400. The van der Waals surface area contributed by atoms with Crippen LogP contribution in [0.15, 0.2) is 35.8 Å². The molecular formula is C20H20N4OS. The Morgan fingerprint density at radius 2 is 1.77 bits per heavy atom. The van der Waals surface area contributed by atoms with Crippen LogP contribution in [-0.4, -0.2) is 20.9 Å². The van der Waals surface area contributed by atoms with Gasteiger partial charge in [-0.25, -0.2) is 15.0 Å². The normalized spacial score (nSPS) is 28.3. The van der Waals surface area contributed by atoms with Crippen molar-refractivity contribution in [3.63, 3.8) is 0 Å². The van der Waals surface area contributed by atoms with Crippen molar-refractivity contribution >= 4 is 33.4 Å². The van der Waals surface area contributed by atoms with Crippen LogP contribution in [0.25, 0.3) is 11.0 Å². The maximum absolute atomic E-state index is 13.5. The quantitative estimate of drug-likeness (QED) is 0.745. The number of benzene rings is 1. The molecule has 2 bridgehead atoms. The van der Waals surface area contributed by atoms with Crippen LogP contribution in [0.3, 0.4) is 0 Å². The summed E-state index contributed by atoms with van der Waals surface area (Å²) >= 11 is 1.44. The molecule has 2 aliphatic carbocycles. The molecule has 1 aromatic carbocycles. The van der Waals surface area contributed by atoms with Crippen LogP contribution in [0.4, 0.5) is 5.13 Å². The van der Waals surface area contributed by atoms with Crippen molar-refractivity contribution in [2.45, 2.75) is 44.4 Å². The largest absolute Gasteiger partial charge is 0.301 e. The molecule has 1 N–H and O–H groups in total. The average molecular weight is 364 g/mol. The van der Waals surface area contributed by atoms with Gasteiger partial charge < -0.3 is 5.32 Å². The zero-order valence-electron chi connectivity index (χ0n) is 15.0. The minimum atomic E-state index is -0.681. The minimum Gasteiger partial charge on any atom is -0.301 e.